The molecule has 0 aliphatic carbocycles. The topological polar surface area (TPSA) is 88.7 Å². The maximum Gasteiger partial charge on any atom is 0.243 e. The van der Waals surface area contributed by atoms with Gasteiger partial charge in [-0.15, -0.1) is 0 Å². The normalized spacial score (nSPS) is 15.5. The highest BCUT2D eigenvalue weighted by Gasteiger charge is 2.16. The molecular formula is C24H31N3O4. The standard InChI is InChI=1S/C24H31N3O4/c1-17(2)14-23(28)26-19-7-5-18(6-8-19)25-15-24(29)27-20-9-11-21(12-10-20)31-16-22-4-3-13-30-22/h5-12,17,22,25H,3-4,13-16H2,1-2H3,(H,26,28)(H,27,29). The Hall–Kier alpha value is -3.06. The van der Waals surface area contributed by atoms with E-state index in [0.717, 1.165) is 36.6 Å². The van der Waals surface area contributed by atoms with Gasteiger partial charge in [0.05, 0.1) is 12.6 Å². The minimum absolute atomic E-state index is 0.00150. The van der Waals surface area contributed by atoms with Gasteiger partial charge in [-0.05, 0) is 67.3 Å². The molecule has 0 aromatic heterocycles. The van der Waals surface area contributed by atoms with Crippen LogP contribution in [-0.2, 0) is 14.3 Å². The van der Waals surface area contributed by atoms with Crippen LogP contribution < -0.4 is 20.7 Å². The molecule has 3 rings (SSSR count). The summed E-state index contributed by atoms with van der Waals surface area (Å²) in [7, 11) is 0. The van der Waals surface area contributed by atoms with Gasteiger partial charge in [-0.3, -0.25) is 9.59 Å². The first-order chi connectivity index (χ1) is 15.0. The summed E-state index contributed by atoms with van der Waals surface area (Å²) in [5, 5.41) is 8.79. The van der Waals surface area contributed by atoms with E-state index in [4.69, 9.17) is 9.47 Å². The summed E-state index contributed by atoms with van der Waals surface area (Å²) in [6.45, 7) is 5.51. The van der Waals surface area contributed by atoms with Crippen LogP contribution in [0.1, 0.15) is 33.1 Å². The molecule has 0 saturated carbocycles. The summed E-state index contributed by atoms with van der Waals surface area (Å²) in [6.07, 6.45) is 2.79. The average molecular weight is 426 g/mol. The van der Waals surface area contributed by atoms with Crippen molar-refractivity contribution in [2.24, 2.45) is 5.92 Å². The van der Waals surface area contributed by atoms with Gasteiger partial charge in [0.15, 0.2) is 0 Å². The zero-order valence-electron chi connectivity index (χ0n) is 18.1. The summed E-state index contributed by atoms with van der Waals surface area (Å²) in [5.74, 6) is 0.919. The Morgan fingerprint density at radius 3 is 2.19 bits per heavy atom. The molecule has 2 aromatic rings. The summed E-state index contributed by atoms with van der Waals surface area (Å²) >= 11 is 0. The predicted molar refractivity (Wildman–Crippen MR) is 123 cm³/mol. The van der Waals surface area contributed by atoms with Gasteiger partial charge < -0.3 is 25.4 Å². The average Bonchev–Trinajstić information content (AvgIpc) is 3.26. The first kappa shape index (κ1) is 22.6. The molecule has 2 amide bonds. The molecule has 1 atom stereocenters. The number of nitrogens with one attached hydrogen (secondary N) is 3. The highest BCUT2D eigenvalue weighted by atomic mass is 16.5. The molecule has 7 nitrogen and oxygen atoms in total. The first-order valence-corrected chi connectivity index (χ1v) is 10.8. The van der Waals surface area contributed by atoms with E-state index >= 15 is 0 Å². The van der Waals surface area contributed by atoms with Crippen molar-refractivity contribution in [2.75, 3.05) is 35.7 Å². The number of anilines is 3. The van der Waals surface area contributed by atoms with Gasteiger partial charge in [0, 0.05) is 30.1 Å². The monoisotopic (exact) mass is 425 g/mol. The van der Waals surface area contributed by atoms with E-state index in [9.17, 15) is 9.59 Å². The smallest absolute Gasteiger partial charge is 0.243 e. The van der Waals surface area contributed by atoms with E-state index in [2.05, 4.69) is 16.0 Å². The van der Waals surface area contributed by atoms with E-state index < -0.39 is 0 Å². The summed E-state index contributed by atoms with van der Waals surface area (Å²) in [5.41, 5.74) is 2.25. The Morgan fingerprint density at radius 2 is 1.58 bits per heavy atom. The Bertz CT molecular complexity index is 844. The second kappa shape index (κ2) is 11.4. The Kier molecular flexibility index (Phi) is 8.29. The second-order valence-corrected chi connectivity index (χ2v) is 8.10. The fraction of sp³-hybridized carbons (Fsp3) is 0.417. The SMILES string of the molecule is CC(C)CC(=O)Nc1ccc(NCC(=O)Nc2ccc(OCC3CCCO3)cc2)cc1. The van der Waals surface area contributed by atoms with Crippen molar-refractivity contribution in [1.82, 2.24) is 0 Å². The molecule has 1 aliphatic heterocycles. The molecule has 2 aromatic carbocycles. The van der Waals surface area contributed by atoms with Crippen LogP contribution in [-0.4, -0.2) is 37.7 Å². The largest absolute Gasteiger partial charge is 0.491 e. The molecule has 31 heavy (non-hydrogen) atoms. The molecule has 0 spiro atoms. The minimum atomic E-state index is -0.151. The van der Waals surface area contributed by atoms with Crippen LogP contribution in [0.4, 0.5) is 17.1 Å². The van der Waals surface area contributed by atoms with E-state index in [1.54, 1.807) is 0 Å². The summed E-state index contributed by atoms with van der Waals surface area (Å²) < 4.78 is 11.3. The zero-order chi connectivity index (χ0) is 22.1. The molecule has 3 N–H and O–H groups in total. The number of benzene rings is 2. The van der Waals surface area contributed by atoms with Crippen LogP contribution in [0.5, 0.6) is 5.75 Å². The fourth-order valence-corrected chi connectivity index (χ4v) is 3.24. The van der Waals surface area contributed by atoms with E-state index in [0.29, 0.717) is 24.6 Å². The van der Waals surface area contributed by atoms with Gasteiger partial charge in [0.2, 0.25) is 11.8 Å². The van der Waals surface area contributed by atoms with Crippen molar-refractivity contribution in [3.8, 4) is 5.75 Å². The van der Waals surface area contributed by atoms with Crippen molar-refractivity contribution >= 4 is 28.9 Å². The molecule has 0 bridgehead atoms. The lowest BCUT2D eigenvalue weighted by Crippen LogP contribution is -2.21. The highest BCUT2D eigenvalue weighted by Crippen LogP contribution is 2.19. The summed E-state index contributed by atoms with van der Waals surface area (Å²) in [6, 6.07) is 14.6. The molecule has 1 saturated heterocycles. The fourth-order valence-electron chi connectivity index (χ4n) is 3.24. The minimum Gasteiger partial charge on any atom is -0.491 e. The molecule has 7 heteroatoms. The lowest BCUT2D eigenvalue weighted by Gasteiger charge is -2.12. The Labute approximate surface area is 183 Å². The number of hydrogen-bond acceptors (Lipinski definition) is 5. The van der Waals surface area contributed by atoms with Gasteiger partial charge in [-0.2, -0.15) is 0 Å². The summed E-state index contributed by atoms with van der Waals surface area (Å²) in [4.78, 5) is 24.0. The number of hydrogen-bond donors (Lipinski definition) is 3. The highest BCUT2D eigenvalue weighted by molar-refractivity contribution is 5.94. The predicted octanol–water partition coefficient (Wildman–Crippen LogP) is 4.28. The van der Waals surface area contributed by atoms with Crippen LogP contribution >= 0.6 is 0 Å². The third kappa shape index (κ3) is 7.94. The van der Waals surface area contributed by atoms with Crippen molar-refractivity contribution in [1.29, 1.82) is 0 Å². The van der Waals surface area contributed by atoms with Crippen molar-refractivity contribution in [3.63, 3.8) is 0 Å². The number of rotatable bonds is 10. The molecule has 1 heterocycles. The maximum absolute atomic E-state index is 12.2. The number of carbonyl (C=O) groups excluding carboxylic acids is 2. The van der Waals surface area contributed by atoms with Gasteiger partial charge >= 0.3 is 0 Å². The first-order valence-electron chi connectivity index (χ1n) is 10.8. The van der Waals surface area contributed by atoms with E-state index in [-0.39, 0.29) is 24.5 Å². The lowest BCUT2D eigenvalue weighted by molar-refractivity contribution is -0.117. The number of amides is 2. The van der Waals surface area contributed by atoms with Gasteiger partial charge in [-0.25, -0.2) is 0 Å². The Balaban J connectivity index is 1.38. The quantitative estimate of drug-likeness (QED) is 0.529. The lowest BCUT2D eigenvalue weighted by atomic mass is 10.1. The number of ether oxygens (including phenoxy) is 2. The van der Waals surface area contributed by atoms with Crippen LogP contribution in [0.3, 0.4) is 0 Å². The van der Waals surface area contributed by atoms with Crippen LogP contribution in [0.2, 0.25) is 0 Å². The molecule has 1 aliphatic rings. The van der Waals surface area contributed by atoms with Crippen molar-refractivity contribution in [2.45, 2.75) is 39.2 Å². The van der Waals surface area contributed by atoms with Gasteiger partial charge in [-0.1, -0.05) is 13.8 Å². The second-order valence-electron chi connectivity index (χ2n) is 8.10. The molecular weight excluding hydrogens is 394 g/mol. The van der Waals surface area contributed by atoms with Gasteiger partial charge in [0.1, 0.15) is 12.4 Å². The van der Waals surface area contributed by atoms with Crippen LogP contribution in [0.25, 0.3) is 0 Å². The molecule has 166 valence electrons. The molecule has 1 unspecified atom stereocenters. The van der Waals surface area contributed by atoms with E-state index in [1.807, 2.05) is 62.4 Å². The van der Waals surface area contributed by atoms with Crippen LogP contribution in [0.15, 0.2) is 48.5 Å². The van der Waals surface area contributed by atoms with Crippen LogP contribution in [0, 0.1) is 5.92 Å². The molecule has 0 radical (unpaired) electrons. The third-order valence-corrected chi connectivity index (χ3v) is 4.81. The maximum atomic E-state index is 12.2. The zero-order valence-corrected chi connectivity index (χ0v) is 18.1. The van der Waals surface area contributed by atoms with Crippen molar-refractivity contribution in [3.05, 3.63) is 48.5 Å². The van der Waals surface area contributed by atoms with Gasteiger partial charge in [0.25, 0.3) is 0 Å². The van der Waals surface area contributed by atoms with Crippen molar-refractivity contribution < 1.29 is 19.1 Å². The Morgan fingerprint density at radius 1 is 0.968 bits per heavy atom. The third-order valence-electron chi connectivity index (χ3n) is 4.81. The van der Waals surface area contributed by atoms with E-state index in [1.165, 1.54) is 0 Å². The number of carbonyl (C=O) groups is 2. The molecule has 1 fully saturated rings.